The fourth-order valence-electron chi connectivity index (χ4n) is 2.56. The number of benzene rings is 2. The van der Waals surface area contributed by atoms with Crippen molar-refractivity contribution < 1.29 is 4.74 Å². The summed E-state index contributed by atoms with van der Waals surface area (Å²) < 4.78 is 5.80. The van der Waals surface area contributed by atoms with Crippen LogP contribution in [0.2, 0.25) is 0 Å². The smallest absolute Gasteiger partial charge is 0.193 e. The number of hydrogen-bond acceptors (Lipinski definition) is 3. The second kappa shape index (κ2) is 9.38. The van der Waals surface area contributed by atoms with Gasteiger partial charge in [0.2, 0.25) is 0 Å². The maximum atomic E-state index is 6.00. The molecule has 0 amide bonds. The first-order chi connectivity index (χ1) is 13.2. The summed E-state index contributed by atoms with van der Waals surface area (Å²) in [5.41, 5.74) is 10.1. The van der Waals surface area contributed by atoms with E-state index in [2.05, 4.69) is 34.3 Å². The van der Waals surface area contributed by atoms with Crippen molar-refractivity contribution >= 4 is 11.6 Å². The fraction of sp³-hybridized carbons (Fsp3) is 0.182. The molecule has 3 aromatic rings. The molecule has 3 N–H and O–H groups in total. The summed E-state index contributed by atoms with van der Waals surface area (Å²) in [6, 6.07) is 21.8. The highest BCUT2D eigenvalue weighted by Gasteiger charge is 2.00. The number of anilines is 1. The molecular weight excluding hydrogens is 336 g/mol. The van der Waals surface area contributed by atoms with Crippen LogP contribution in [0, 0.1) is 0 Å². The van der Waals surface area contributed by atoms with Gasteiger partial charge in [0, 0.05) is 11.9 Å². The molecule has 5 heteroatoms. The van der Waals surface area contributed by atoms with Crippen LogP contribution in [0.5, 0.6) is 5.75 Å². The van der Waals surface area contributed by atoms with Gasteiger partial charge in [0.25, 0.3) is 0 Å². The Bertz CT molecular complexity index is 876. The highest BCUT2D eigenvalue weighted by atomic mass is 16.5. The number of aliphatic imine (C=N–C) groups is 1. The summed E-state index contributed by atoms with van der Waals surface area (Å²) in [6.07, 6.45) is 2.78. The molecule has 0 spiro atoms. The summed E-state index contributed by atoms with van der Waals surface area (Å²) in [7, 11) is 0. The number of nitrogens with zero attached hydrogens (tertiary/aromatic N) is 2. The van der Waals surface area contributed by atoms with Crippen molar-refractivity contribution in [3.63, 3.8) is 0 Å². The lowest BCUT2D eigenvalue weighted by atomic mass is 10.1. The molecule has 5 nitrogen and oxygen atoms in total. The second-order valence-corrected chi connectivity index (χ2v) is 6.13. The molecule has 0 aliphatic carbocycles. The van der Waals surface area contributed by atoms with Gasteiger partial charge in [-0.3, -0.25) is 4.98 Å². The zero-order valence-corrected chi connectivity index (χ0v) is 15.4. The van der Waals surface area contributed by atoms with E-state index in [0.29, 0.717) is 19.1 Å². The molecule has 0 unspecified atom stereocenters. The van der Waals surface area contributed by atoms with Gasteiger partial charge in [0.1, 0.15) is 12.4 Å². The third kappa shape index (κ3) is 5.85. The van der Waals surface area contributed by atoms with Crippen molar-refractivity contribution in [2.45, 2.75) is 26.5 Å². The molecule has 0 atom stereocenters. The Morgan fingerprint density at radius 3 is 2.63 bits per heavy atom. The van der Waals surface area contributed by atoms with E-state index in [4.69, 9.17) is 10.5 Å². The van der Waals surface area contributed by atoms with Crippen LogP contribution in [0.1, 0.15) is 23.7 Å². The molecular formula is C22H24N4O. The van der Waals surface area contributed by atoms with Gasteiger partial charge >= 0.3 is 0 Å². The van der Waals surface area contributed by atoms with Crippen LogP contribution in [0.15, 0.2) is 77.9 Å². The van der Waals surface area contributed by atoms with Gasteiger partial charge in [-0.05, 0) is 53.9 Å². The number of aryl methyl sites for hydroxylation is 1. The van der Waals surface area contributed by atoms with Crippen LogP contribution in [0.3, 0.4) is 0 Å². The molecule has 27 heavy (non-hydrogen) atoms. The first-order valence-electron chi connectivity index (χ1n) is 9.00. The van der Waals surface area contributed by atoms with Crippen LogP contribution in [0.4, 0.5) is 5.69 Å². The Morgan fingerprint density at radius 1 is 1.04 bits per heavy atom. The molecule has 1 heterocycles. The summed E-state index contributed by atoms with van der Waals surface area (Å²) in [5, 5.41) is 3.11. The molecule has 3 rings (SSSR count). The molecule has 0 radical (unpaired) electrons. The first-order valence-corrected chi connectivity index (χ1v) is 9.00. The van der Waals surface area contributed by atoms with E-state index in [1.807, 2.05) is 54.6 Å². The van der Waals surface area contributed by atoms with E-state index in [0.717, 1.165) is 29.1 Å². The lowest BCUT2D eigenvalue weighted by Crippen LogP contribution is -2.22. The van der Waals surface area contributed by atoms with Gasteiger partial charge in [0.15, 0.2) is 5.96 Å². The lowest BCUT2D eigenvalue weighted by molar-refractivity contribution is 0.301. The molecule has 0 aliphatic heterocycles. The number of guanidine groups is 1. The number of hydrogen-bond donors (Lipinski definition) is 2. The second-order valence-electron chi connectivity index (χ2n) is 6.13. The Labute approximate surface area is 159 Å². The number of pyridine rings is 1. The highest BCUT2D eigenvalue weighted by molar-refractivity contribution is 5.92. The standard InChI is InChI=1S/C22H24N4O/c1-2-17-9-11-19(12-10-17)26-22(23)25-15-18-6-5-8-21(14-18)27-16-20-7-3-4-13-24-20/h3-14H,2,15-16H2,1H3,(H3,23,25,26). The van der Waals surface area contributed by atoms with Gasteiger partial charge in [-0.25, -0.2) is 4.99 Å². The maximum Gasteiger partial charge on any atom is 0.193 e. The van der Waals surface area contributed by atoms with Crippen LogP contribution >= 0.6 is 0 Å². The minimum atomic E-state index is 0.388. The van der Waals surface area contributed by atoms with Gasteiger partial charge in [-0.1, -0.05) is 37.3 Å². The quantitative estimate of drug-likeness (QED) is 0.490. The monoisotopic (exact) mass is 360 g/mol. The van der Waals surface area contributed by atoms with Crippen molar-refractivity contribution in [1.29, 1.82) is 0 Å². The molecule has 0 saturated carbocycles. The van der Waals surface area contributed by atoms with E-state index in [9.17, 15) is 0 Å². The van der Waals surface area contributed by atoms with Crippen molar-refractivity contribution in [1.82, 2.24) is 4.98 Å². The molecule has 1 aromatic heterocycles. The van der Waals surface area contributed by atoms with Crippen LogP contribution < -0.4 is 15.8 Å². The van der Waals surface area contributed by atoms with Crippen molar-refractivity contribution in [2.75, 3.05) is 5.32 Å². The highest BCUT2D eigenvalue weighted by Crippen LogP contribution is 2.16. The van der Waals surface area contributed by atoms with E-state index in [1.165, 1.54) is 5.56 Å². The third-order valence-corrected chi connectivity index (χ3v) is 4.08. The summed E-state index contributed by atoms with van der Waals surface area (Å²) in [5.74, 6) is 1.18. The van der Waals surface area contributed by atoms with Gasteiger partial charge < -0.3 is 15.8 Å². The molecule has 0 bridgehead atoms. The van der Waals surface area contributed by atoms with E-state index >= 15 is 0 Å². The zero-order valence-electron chi connectivity index (χ0n) is 15.4. The topological polar surface area (TPSA) is 72.5 Å². The maximum absolute atomic E-state index is 6.00. The number of nitrogens with two attached hydrogens (primary N) is 1. The van der Waals surface area contributed by atoms with E-state index < -0.39 is 0 Å². The summed E-state index contributed by atoms with van der Waals surface area (Å²) in [4.78, 5) is 8.66. The zero-order chi connectivity index (χ0) is 18.9. The van der Waals surface area contributed by atoms with Gasteiger partial charge in [-0.2, -0.15) is 0 Å². The molecule has 2 aromatic carbocycles. The number of aromatic nitrogens is 1. The average Bonchev–Trinajstić information content (AvgIpc) is 2.72. The summed E-state index contributed by atoms with van der Waals surface area (Å²) >= 11 is 0. The van der Waals surface area contributed by atoms with Crippen LogP contribution in [-0.2, 0) is 19.6 Å². The van der Waals surface area contributed by atoms with Crippen molar-refractivity contribution in [3.8, 4) is 5.75 Å². The minimum Gasteiger partial charge on any atom is -0.487 e. The Morgan fingerprint density at radius 2 is 1.89 bits per heavy atom. The van der Waals surface area contributed by atoms with Crippen molar-refractivity contribution in [2.24, 2.45) is 10.7 Å². The Hall–Kier alpha value is -3.34. The van der Waals surface area contributed by atoms with Gasteiger partial charge in [0.05, 0.1) is 12.2 Å². The van der Waals surface area contributed by atoms with Crippen molar-refractivity contribution in [3.05, 3.63) is 89.7 Å². The predicted octanol–water partition coefficient (Wildman–Crippen LogP) is 4.15. The van der Waals surface area contributed by atoms with E-state index in [-0.39, 0.29) is 0 Å². The Kier molecular flexibility index (Phi) is 6.41. The molecule has 138 valence electrons. The fourth-order valence-corrected chi connectivity index (χ4v) is 2.56. The van der Waals surface area contributed by atoms with Crippen LogP contribution in [0.25, 0.3) is 0 Å². The first kappa shape index (κ1) is 18.5. The average molecular weight is 360 g/mol. The van der Waals surface area contributed by atoms with E-state index in [1.54, 1.807) is 6.20 Å². The lowest BCUT2D eigenvalue weighted by Gasteiger charge is -2.08. The largest absolute Gasteiger partial charge is 0.487 e. The number of nitrogens with one attached hydrogen (secondary N) is 1. The SMILES string of the molecule is CCc1ccc(NC(N)=NCc2cccc(OCc3ccccn3)c2)cc1. The summed E-state index contributed by atoms with van der Waals surface area (Å²) in [6.45, 7) is 3.05. The van der Waals surface area contributed by atoms with Gasteiger partial charge in [-0.15, -0.1) is 0 Å². The van der Waals surface area contributed by atoms with Crippen LogP contribution in [-0.4, -0.2) is 10.9 Å². The normalized spacial score (nSPS) is 11.2. The number of ether oxygens (including phenoxy) is 1. The molecule has 0 aliphatic rings. The minimum absolute atomic E-state index is 0.388. The predicted molar refractivity (Wildman–Crippen MR) is 110 cm³/mol. The third-order valence-electron chi connectivity index (χ3n) is 4.08. The molecule has 0 fully saturated rings. The Balaban J connectivity index is 1.55. The number of rotatable bonds is 7. The molecule has 0 saturated heterocycles.